The second-order valence-electron chi connectivity index (χ2n) is 5.58. The molecule has 5 atom stereocenters. The van der Waals surface area contributed by atoms with Crippen LogP contribution in [0.25, 0.3) is 11.2 Å². The molecule has 1 aliphatic heterocycles. The van der Waals surface area contributed by atoms with Gasteiger partial charge in [0.1, 0.15) is 23.8 Å². The lowest BCUT2D eigenvalue weighted by atomic mass is 10.1. The van der Waals surface area contributed by atoms with Gasteiger partial charge in [0, 0.05) is 0 Å². The van der Waals surface area contributed by atoms with E-state index in [9.17, 15) is 19.7 Å². The summed E-state index contributed by atoms with van der Waals surface area (Å²) >= 11 is 10.2. The summed E-state index contributed by atoms with van der Waals surface area (Å²) in [6, 6.07) is 0. The number of nitrogens with zero attached hydrogens (tertiary/aromatic N) is 4. The summed E-state index contributed by atoms with van der Waals surface area (Å²) in [6.07, 6.45) is -4.19. The summed E-state index contributed by atoms with van der Waals surface area (Å²) in [6.45, 7) is -4.95. The number of nitrogens with two attached hydrogens (primary N) is 1. The first-order valence-corrected chi connectivity index (χ1v) is 11.8. The van der Waals surface area contributed by atoms with E-state index in [1.165, 1.54) is 10.9 Å². The topological polar surface area (TPSA) is 216 Å². The van der Waals surface area contributed by atoms with E-state index in [1.54, 1.807) is 0 Å². The first kappa shape index (κ1) is 21.9. The minimum atomic E-state index is -5.10. The SMILES string of the molecule is Nc1nc(Cl)nc2c1ncn2[C@@H]1O[C@H](COP(O)(=S)OP(=O)(O)O)[C@@H](O)C1O. The van der Waals surface area contributed by atoms with Gasteiger partial charge in [-0.15, -0.1) is 0 Å². The van der Waals surface area contributed by atoms with E-state index in [0.29, 0.717) is 0 Å². The quantitative estimate of drug-likeness (QED) is 0.218. The van der Waals surface area contributed by atoms with Crippen LogP contribution in [-0.4, -0.2) is 69.3 Å². The fourth-order valence-corrected chi connectivity index (χ4v) is 5.25. The lowest BCUT2D eigenvalue weighted by molar-refractivity contribution is -0.0486. The number of aliphatic hydroxyl groups excluding tert-OH is 2. The molecule has 2 unspecified atom stereocenters. The van der Waals surface area contributed by atoms with Gasteiger partial charge in [-0.3, -0.25) is 4.57 Å². The number of halogens is 1. The van der Waals surface area contributed by atoms with Crippen molar-refractivity contribution in [2.24, 2.45) is 0 Å². The summed E-state index contributed by atoms with van der Waals surface area (Å²) in [5, 5.41) is 20.3. The molecule has 28 heavy (non-hydrogen) atoms. The van der Waals surface area contributed by atoms with Crippen molar-refractivity contribution in [1.29, 1.82) is 0 Å². The Morgan fingerprint density at radius 1 is 1.32 bits per heavy atom. The molecular weight excluding hydrogens is 464 g/mol. The van der Waals surface area contributed by atoms with Crippen LogP contribution in [0, 0.1) is 0 Å². The third kappa shape index (κ3) is 4.67. The fraction of sp³-hybridized carbons (Fsp3) is 0.500. The standard InChI is InChI=1S/C10H14ClN5O9P2S/c11-10-14-7(12)4-8(15-10)16(2-13-4)9-6(18)5(17)3(24-9)1-23-27(22,28)25-26(19,20)21/h2-3,5-6,9,17-18H,1H2,(H,22,28)(H2,12,14,15)(H2,19,20,21)/t3-,5-,6?,9-,27?/m1/s1. The monoisotopic (exact) mass is 477 g/mol. The Morgan fingerprint density at radius 3 is 2.64 bits per heavy atom. The van der Waals surface area contributed by atoms with Gasteiger partial charge in [0.2, 0.25) is 5.28 Å². The van der Waals surface area contributed by atoms with E-state index < -0.39 is 45.7 Å². The molecule has 0 saturated carbocycles. The van der Waals surface area contributed by atoms with Crippen molar-refractivity contribution in [2.45, 2.75) is 24.5 Å². The maximum atomic E-state index is 10.8. The van der Waals surface area contributed by atoms with Crippen LogP contribution in [0.15, 0.2) is 6.33 Å². The minimum Gasteiger partial charge on any atom is -0.387 e. The molecule has 0 aliphatic carbocycles. The number of hydrogen-bond donors (Lipinski definition) is 6. The van der Waals surface area contributed by atoms with E-state index in [0.717, 1.165) is 0 Å². The number of anilines is 1. The van der Waals surface area contributed by atoms with Gasteiger partial charge in [-0.05, 0) is 23.4 Å². The Bertz CT molecular complexity index is 988. The smallest absolute Gasteiger partial charge is 0.387 e. The number of phosphoric acid groups is 1. The van der Waals surface area contributed by atoms with Crippen LogP contribution in [-0.2, 0) is 29.9 Å². The van der Waals surface area contributed by atoms with Crippen LogP contribution in [0.3, 0.4) is 0 Å². The van der Waals surface area contributed by atoms with Gasteiger partial charge in [-0.2, -0.15) is 9.97 Å². The average molecular weight is 478 g/mol. The first-order chi connectivity index (χ1) is 12.9. The predicted octanol–water partition coefficient (Wildman–Crippen LogP) is -0.976. The molecule has 3 heterocycles. The number of aromatic nitrogens is 4. The lowest BCUT2D eigenvalue weighted by Crippen LogP contribution is -2.33. The molecule has 0 bridgehead atoms. The highest BCUT2D eigenvalue weighted by Crippen LogP contribution is 2.58. The molecule has 2 aromatic rings. The predicted molar refractivity (Wildman–Crippen MR) is 96.3 cm³/mol. The summed E-state index contributed by atoms with van der Waals surface area (Å²) in [5.74, 6) is -0.00257. The van der Waals surface area contributed by atoms with Gasteiger partial charge in [0.05, 0.1) is 12.9 Å². The van der Waals surface area contributed by atoms with Gasteiger partial charge in [-0.25, -0.2) is 13.9 Å². The normalized spacial score (nSPS) is 27.9. The van der Waals surface area contributed by atoms with Crippen molar-refractivity contribution in [3.63, 3.8) is 0 Å². The zero-order valence-electron chi connectivity index (χ0n) is 13.5. The van der Waals surface area contributed by atoms with E-state index in [1.807, 2.05) is 0 Å². The van der Waals surface area contributed by atoms with E-state index in [2.05, 4.69) is 31.1 Å². The Labute approximate surface area is 166 Å². The van der Waals surface area contributed by atoms with E-state index in [4.69, 9.17) is 36.4 Å². The van der Waals surface area contributed by atoms with Gasteiger partial charge < -0.3 is 39.9 Å². The van der Waals surface area contributed by atoms with Gasteiger partial charge >= 0.3 is 14.5 Å². The summed E-state index contributed by atoms with van der Waals surface area (Å²) in [5.41, 5.74) is 6.03. The number of hydrogen-bond acceptors (Lipinski definition) is 11. The maximum absolute atomic E-state index is 10.8. The second kappa shape index (κ2) is 7.80. The van der Waals surface area contributed by atoms with Crippen LogP contribution in [0.4, 0.5) is 5.82 Å². The number of rotatable bonds is 6. The molecule has 1 fully saturated rings. The van der Waals surface area contributed by atoms with Crippen molar-refractivity contribution < 1.29 is 43.0 Å². The minimum absolute atomic E-state index is 0.00257. The van der Waals surface area contributed by atoms with Crippen LogP contribution in [0.1, 0.15) is 6.23 Å². The Morgan fingerprint density at radius 2 is 2.00 bits per heavy atom. The van der Waals surface area contributed by atoms with Crippen molar-refractivity contribution >= 4 is 54.9 Å². The maximum Gasteiger partial charge on any atom is 0.476 e. The zero-order valence-corrected chi connectivity index (χ0v) is 16.9. The molecule has 2 aromatic heterocycles. The number of aliphatic hydroxyl groups is 2. The summed E-state index contributed by atoms with van der Waals surface area (Å²) < 4.78 is 26.3. The van der Waals surface area contributed by atoms with Gasteiger partial charge in [-0.1, -0.05) is 0 Å². The average Bonchev–Trinajstić information content (AvgIpc) is 3.06. The molecule has 7 N–H and O–H groups in total. The van der Waals surface area contributed by atoms with Gasteiger partial charge in [0.15, 0.2) is 17.7 Å². The largest absolute Gasteiger partial charge is 0.476 e. The van der Waals surface area contributed by atoms with E-state index >= 15 is 0 Å². The Kier molecular flexibility index (Phi) is 6.10. The Hall–Kier alpha value is -0.800. The molecule has 1 aliphatic rings. The number of imidazole rings is 1. The molecule has 0 amide bonds. The van der Waals surface area contributed by atoms with Crippen LogP contribution < -0.4 is 5.73 Å². The van der Waals surface area contributed by atoms with Crippen molar-refractivity contribution in [2.75, 3.05) is 12.3 Å². The van der Waals surface area contributed by atoms with Crippen LogP contribution in [0.5, 0.6) is 0 Å². The third-order valence-corrected chi connectivity index (χ3v) is 6.88. The third-order valence-electron chi connectivity index (χ3n) is 3.64. The summed E-state index contributed by atoms with van der Waals surface area (Å²) in [7, 11) is -5.10. The van der Waals surface area contributed by atoms with E-state index in [-0.39, 0.29) is 22.3 Å². The van der Waals surface area contributed by atoms with Crippen LogP contribution >= 0.6 is 26.1 Å². The second-order valence-corrected chi connectivity index (χ2v) is 10.1. The number of nitrogen functional groups attached to an aromatic ring is 1. The lowest BCUT2D eigenvalue weighted by Gasteiger charge is -2.19. The van der Waals surface area contributed by atoms with Gasteiger partial charge in [0.25, 0.3) is 0 Å². The molecule has 18 heteroatoms. The highest BCUT2D eigenvalue weighted by Gasteiger charge is 2.45. The number of ether oxygens (including phenoxy) is 1. The fourth-order valence-electron chi connectivity index (χ4n) is 2.52. The highest BCUT2D eigenvalue weighted by atomic mass is 35.5. The zero-order chi connectivity index (χ0) is 20.9. The highest BCUT2D eigenvalue weighted by molar-refractivity contribution is 8.08. The summed E-state index contributed by atoms with van der Waals surface area (Å²) in [4.78, 5) is 38.8. The Balaban J connectivity index is 1.78. The van der Waals surface area contributed by atoms with Crippen molar-refractivity contribution in [3.05, 3.63) is 11.6 Å². The van der Waals surface area contributed by atoms with Crippen LogP contribution in [0.2, 0.25) is 5.28 Å². The molecule has 0 aromatic carbocycles. The first-order valence-electron chi connectivity index (χ1n) is 7.29. The van der Waals surface area contributed by atoms with Crippen molar-refractivity contribution in [3.8, 4) is 0 Å². The molecular formula is C10H14ClN5O9P2S. The molecule has 156 valence electrons. The molecule has 3 rings (SSSR count). The molecule has 0 spiro atoms. The molecule has 14 nitrogen and oxygen atoms in total. The van der Waals surface area contributed by atoms with Crippen molar-refractivity contribution in [1.82, 2.24) is 19.5 Å². The number of fused-ring (bicyclic) bond motifs is 1. The molecule has 1 saturated heterocycles. The molecule has 0 radical (unpaired) electrons.